The molecule has 0 unspecified atom stereocenters. The number of ether oxygens (including phenoxy) is 1. The van der Waals surface area contributed by atoms with Gasteiger partial charge in [-0.25, -0.2) is 15.0 Å². The summed E-state index contributed by atoms with van der Waals surface area (Å²) in [5.41, 5.74) is 1.87. The van der Waals surface area contributed by atoms with Crippen molar-refractivity contribution in [1.82, 2.24) is 19.5 Å². The van der Waals surface area contributed by atoms with E-state index in [0.717, 1.165) is 28.6 Å². The molecule has 0 spiro atoms. The Labute approximate surface area is 185 Å². The van der Waals surface area contributed by atoms with E-state index in [0.29, 0.717) is 19.7 Å². The Morgan fingerprint density at radius 3 is 2.56 bits per heavy atom. The van der Waals surface area contributed by atoms with Gasteiger partial charge in [0.1, 0.15) is 36.6 Å². The van der Waals surface area contributed by atoms with Gasteiger partial charge in [0.15, 0.2) is 0 Å². The molecule has 1 aliphatic rings. The number of nitrogens with one attached hydrogen (secondary N) is 1. The number of rotatable bonds is 7. The first-order valence-corrected chi connectivity index (χ1v) is 10.4. The van der Waals surface area contributed by atoms with Gasteiger partial charge in [0.2, 0.25) is 5.91 Å². The van der Waals surface area contributed by atoms with E-state index in [1.165, 1.54) is 6.33 Å². The first kappa shape index (κ1) is 19.7. The summed E-state index contributed by atoms with van der Waals surface area (Å²) < 4.78 is 7.62. The van der Waals surface area contributed by atoms with Gasteiger partial charge in [-0.1, -0.05) is 30.3 Å². The molecule has 8 nitrogen and oxygen atoms in total. The van der Waals surface area contributed by atoms with Gasteiger partial charge in [-0.3, -0.25) is 9.36 Å². The van der Waals surface area contributed by atoms with E-state index in [-0.39, 0.29) is 11.8 Å². The number of carbonyl (C=O) groups excluding carboxylic acids is 1. The molecule has 5 rings (SSSR count). The molecule has 2 aromatic carbocycles. The maximum Gasteiger partial charge on any atom is 0.231 e. The smallest absolute Gasteiger partial charge is 0.231 e. The van der Waals surface area contributed by atoms with E-state index >= 15 is 0 Å². The van der Waals surface area contributed by atoms with E-state index in [4.69, 9.17) is 4.74 Å². The summed E-state index contributed by atoms with van der Waals surface area (Å²) in [6, 6.07) is 19.3. The summed E-state index contributed by atoms with van der Waals surface area (Å²) in [5.74, 6) is 2.22. The molecule has 0 saturated carbocycles. The SMILES string of the molecule is O=C(Nc1ccc(OCc2ccccc2)cc1)C1CN(c2cc(-n3ccnc3)ncn2)C1. The third-order valence-electron chi connectivity index (χ3n) is 5.35. The predicted molar refractivity (Wildman–Crippen MR) is 121 cm³/mol. The summed E-state index contributed by atoms with van der Waals surface area (Å²) in [4.78, 5) is 27.3. The van der Waals surface area contributed by atoms with E-state index in [9.17, 15) is 4.79 Å². The Morgan fingerprint density at radius 2 is 1.81 bits per heavy atom. The molecule has 0 bridgehead atoms. The molecule has 160 valence electrons. The fourth-order valence-corrected chi connectivity index (χ4v) is 3.50. The molecule has 4 aromatic rings. The first-order valence-electron chi connectivity index (χ1n) is 10.4. The molecular formula is C24H22N6O2. The Bertz CT molecular complexity index is 1170. The van der Waals surface area contributed by atoms with Gasteiger partial charge in [0, 0.05) is 37.2 Å². The minimum atomic E-state index is -0.0873. The summed E-state index contributed by atoms with van der Waals surface area (Å²) in [6.45, 7) is 1.74. The zero-order valence-electron chi connectivity index (χ0n) is 17.3. The van der Waals surface area contributed by atoms with Crippen molar-refractivity contribution in [2.45, 2.75) is 6.61 Å². The van der Waals surface area contributed by atoms with Crippen molar-refractivity contribution in [2.75, 3.05) is 23.3 Å². The minimum absolute atomic E-state index is 0.00286. The van der Waals surface area contributed by atoms with Crippen LogP contribution in [-0.4, -0.2) is 38.5 Å². The van der Waals surface area contributed by atoms with E-state index in [1.807, 2.05) is 71.4 Å². The molecule has 0 radical (unpaired) electrons. The summed E-state index contributed by atoms with van der Waals surface area (Å²) in [5, 5.41) is 2.98. The van der Waals surface area contributed by atoms with Crippen LogP contribution in [0.4, 0.5) is 11.5 Å². The number of benzene rings is 2. The van der Waals surface area contributed by atoms with Gasteiger partial charge in [-0.2, -0.15) is 0 Å². The fraction of sp³-hybridized carbons (Fsp3) is 0.167. The second kappa shape index (κ2) is 8.89. The normalized spacial score (nSPS) is 13.4. The first-order chi connectivity index (χ1) is 15.7. The zero-order chi connectivity index (χ0) is 21.8. The average Bonchev–Trinajstić information content (AvgIpc) is 3.34. The third-order valence-corrected chi connectivity index (χ3v) is 5.35. The highest BCUT2D eigenvalue weighted by Crippen LogP contribution is 2.25. The highest BCUT2D eigenvalue weighted by Gasteiger charge is 2.33. The molecule has 1 N–H and O–H groups in total. The number of imidazole rings is 1. The molecule has 0 aliphatic carbocycles. The van der Waals surface area contributed by atoms with Crippen LogP contribution in [-0.2, 0) is 11.4 Å². The van der Waals surface area contributed by atoms with Crippen LogP contribution >= 0.6 is 0 Å². The van der Waals surface area contributed by atoms with E-state index in [2.05, 4.69) is 25.2 Å². The molecule has 32 heavy (non-hydrogen) atoms. The Morgan fingerprint density at radius 1 is 1.03 bits per heavy atom. The highest BCUT2D eigenvalue weighted by atomic mass is 16.5. The topological polar surface area (TPSA) is 85.2 Å². The van der Waals surface area contributed by atoms with Gasteiger partial charge in [0.25, 0.3) is 0 Å². The molecule has 1 aliphatic heterocycles. The molecule has 0 atom stereocenters. The van der Waals surface area contributed by atoms with Crippen LogP contribution in [0.15, 0.2) is 85.7 Å². The summed E-state index contributed by atoms with van der Waals surface area (Å²) in [7, 11) is 0. The fourth-order valence-electron chi connectivity index (χ4n) is 3.50. The molecule has 3 heterocycles. The maximum absolute atomic E-state index is 12.6. The monoisotopic (exact) mass is 426 g/mol. The molecule has 1 saturated heterocycles. The van der Waals surface area contributed by atoms with Crippen LogP contribution in [0.1, 0.15) is 5.56 Å². The lowest BCUT2D eigenvalue weighted by atomic mass is 9.99. The van der Waals surface area contributed by atoms with Crippen LogP contribution < -0.4 is 15.0 Å². The minimum Gasteiger partial charge on any atom is -0.489 e. The number of hydrogen-bond acceptors (Lipinski definition) is 6. The van der Waals surface area contributed by atoms with E-state index < -0.39 is 0 Å². The maximum atomic E-state index is 12.6. The lowest BCUT2D eigenvalue weighted by molar-refractivity contribution is -0.120. The highest BCUT2D eigenvalue weighted by molar-refractivity contribution is 5.94. The Kier molecular flexibility index (Phi) is 5.48. The van der Waals surface area contributed by atoms with Gasteiger partial charge in [0.05, 0.1) is 5.92 Å². The average molecular weight is 426 g/mol. The van der Waals surface area contributed by atoms with Crippen molar-refractivity contribution in [3.8, 4) is 11.6 Å². The largest absolute Gasteiger partial charge is 0.489 e. The number of anilines is 2. The van der Waals surface area contributed by atoms with E-state index in [1.54, 1.807) is 12.5 Å². The Balaban J connectivity index is 1.12. The summed E-state index contributed by atoms with van der Waals surface area (Å²) in [6.07, 6.45) is 6.75. The van der Waals surface area contributed by atoms with Crippen molar-refractivity contribution in [2.24, 2.45) is 5.92 Å². The number of nitrogens with zero attached hydrogens (tertiary/aromatic N) is 5. The third kappa shape index (κ3) is 4.44. The standard InChI is InChI=1S/C24H22N6O2/c31-24(28-20-6-8-21(9-7-20)32-15-18-4-2-1-3-5-18)19-13-30(14-19)23-12-22(26-16-27-23)29-11-10-25-17-29/h1-12,16-17,19H,13-15H2,(H,28,31). The van der Waals surface area contributed by atoms with Crippen LogP contribution in [0.5, 0.6) is 5.75 Å². The Hall–Kier alpha value is -4.20. The van der Waals surface area contributed by atoms with Crippen LogP contribution in [0.3, 0.4) is 0 Å². The molecular weight excluding hydrogens is 404 g/mol. The van der Waals surface area contributed by atoms with Crippen molar-refractivity contribution < 1.29 is 9.53 Å². The molecule has 1 fully saturated rings. The van der Waals surface area contributed by atoms with Crippen LogP contribution in [0.2, 0.25) is 0 Å². The van der Waals surface area contributed by atoms with Gasteiger partial charge in [-0.15, -0.1) is 0 Å². The van der Waals surface area contributed by atoms with Crippen LogP contribution in [0, 0.1) is 5.92 Å². The van der Waals surface area contributed by atoms with Gasteiger partial charge >= 0.3 is 0 Å². The predicted octanol–water partition coefficient (Wildman–Crippen LogP) is 3.32. The van der Waals surface area contributed by atoms with Crippen molar-refractivity contribution in [1.29, 1.82) is 0 Å². The zero-order valence-corrected chi connectivity index (χ0v) is 17.3. The van der Waals surface area contributed by atoms with Crippen molar-refractivity contribution in [3.63, 3.8) is 0 Å². The second-order valence-electron chi connectivity index (χ2n) is 7.59. The van der Waals surface area contributed by atoms with Crippen molar-refractivity contribution in [3.05, 3.63) is 91.3 Å². The van der Waals surface area contributed by atoms with Gasteiger partial charge in [-0.05, 0) is 29.8 Å². The number of amides is 1. The van der Waals surface area contributed by atoms with Crippen LogP contribution in [0.25, 0.3) is 5.82 Å². The lowest BCUT2D eigenvalue weighted by Crippen LogP contribution is -2.52. The molecule has 8 heteroatoms. The second-order valence-corrected chi connectivity index (χ2v) is 7.59. The molecule has 2 aromatic heterocycles. The van der Waals surface area contributed by atoms with Gasteiger partial charge < -0.3 is 15.0 Å². The lowest BCUT2D eigenvalue weighted by Gasteiger charge is -2.39. The summed E-state index contributed by atoms with van der Waals surface area (Å²) >= 11 is 0. The number of carbonyl (C=O) groups is 1. The quantitative estimate of drug-likeness (QED) is 0.488. The van der Waals surface area contributed by atoms with Crippen molar-refractivity contribution >= 4 is 17.4 Å². The molecule has 1 amide bonds. The number of hydrogen-bond donors (Lipinski definition) is 1. The number of aromatic nitrogens is 4.